The molecule has 0 aliphatic carbocycles. The Kier molecular flexibility index (Phi) is 74.1. The van der Waals surface area contributed by atoms with E-state index in [1.807, 2.05) is 0 Å². The summed E-state index contributed by atoms with van der Waals surface area (Å²) in [6.07, 6.45) is 66.8. The summed E-state index contributed by atoms with van der Waals surface area (Å²) in [6, 6.07) is 0. The monoisotopic (exact) mass is 1510 g/mol. The molecule has 5 atom stereocenters. The molecular weight excluding hydrogens is 1340 g/mol. The van der Waals surface area contributed by atoms with Crippen LogP contribution in [0.4, 0.5) is 0 Å². The van der Waals surface area contributed by atoms with Gasteiger partial charge in [0.1, 0.15) is 19.3 Å². The van der Waals surface area contributed by atoms with Crippen LogP contribution in [-0.4, -0.2) is 96.7 Å². The molecule has 0 rings (SSSR count). The van der Waals surface area contributed by atoms with Gasteiger partial charge in [-0.3, -0.25) is 37.3 Å². The smallest absolute Gasteiger partial charge is 0.462 e. The zero-order chi connectivity index (χ0) is 75.6. The first-order chi connectivity index (χ1) is 49.9. The molecule has 0 aliphatic rings. The first kappa shape index (κ1) is 101. The number of hydrogen-bond donors (Lipinski definition) is 3. The van der Waals surface area contributed by atoms with E-state index in [-0.39, 0.29) is 25.7 Å². The number of phosphoric acid groups is 2. The first-order valence-electron chi connectivity index (χ1n) is 43.5. The van der Waals surface area contributed by atoms with Crippen molar-refractivity contribution < 1.29 is 80.2 Å². The highest BCUT2D eigenvalue weighted by molar-refractivity contribution is 7.47. The molecule has 0 saturated carbocycles. The molecule has 612 valence electrons. The number of esters is 4. The number of unbranched alkanes of at least 4 members (excludes halogenated alkanes) is 53. The van der Waals surface area contributed by atoms with Crippen LogP contribution in [0.1, 0.15) is 446 Å². The number of carbonyl (C=O) groups excluding carboxylic acids is 4. The van der Waals surface area contributed by atoms with Gasteiger partial charge >= 0.3 is 39.5 Å². The molecule has 0 bridgehead atoms. The van der Waals surface area contributed by atoms with Crippen molar-refractivity contribution >= 4 is 39.5 Å². The van der Waals surface area contributed by atoms with Gasteiger partial charge in [-0.05, 0) is 37.5 Å². The largest absolute Gasteiger partial charge is 0.472 e. The lowest BCUT2D eigenvalue weighted by Gasteiger charge is -2.21. The van der Waals surface area contributed by atoms with Crippen LogP contribution in [0.5, 0.6) is 0 Å². The predicted molar refractivity (Wildman–Crippen MR) is 423 cm³/mol. The summed E-state index contributed by atoms with van der Waals surface area (Å²) in [4.78, 5) is 73.0. The molecule has 0 aromatic rings. The van der Waals surface area contributed by atoms with E-state index in [9.17, 15) is 43.2 Å². The van der Waals surface area contributed by atoms with Crippen LogP contribution in [-0.2, 0) is 65.4 Å². The summed E-state index contributed by atoms with van der Waals surface area (Å²) >= 11 is 0. The normalized spacial score (nSPS) is 13.9. The van der Waals surface area contributed by atoms with Crippen LogP contribution in [0.2, 0.25) is 0 Å². The van der Waals surface area contributed by atoms with Crippen molar-refractivity contribution in [2.24, 2.45) is 11.8 Å². The van der Waals surface area contributed by atoms with Crippen molar-refractivity contribution in [1.82, 2.24) is 0 Å². The van der Waals surface area contributed by atoms with E-state index in [4.69, 9.17) is 37.0 Å². The van der Waals surface area contributed by atoms with Crippen LogP contribution < -0.4 is 0 Å². The van der Waals surface area contributed by atoms with E-state index < -0.39 is 97.5 Å². The molecule has 0 heterocycles. The first-order valence-corrected chi connectivity index (χ1v) is 46.5. The minimum atomic E-state index is -4.96. The van der Waals surface area contributed by atoms with Gasteiger partial charge in [0, 0.05) is 25.7 Å². The van der Waals surface area contributed by atoms with Crippen molar-refractivity contribution in [3.05, 3.63) is 0 Å². The third-order valence-electron chi connectivity index (χ3n) is 19.7. The number of rotatable bonds is 83. The maximum Gasteiger partial charge on any atom is 0.472 e. The second kappa shape index (κ2) is 75.5. The fourth-order valence-corrected chi connectivity index (χ4v) is 14.6. The molecule has 3 N–H and O–H groups in total. The molecule has 0 aromatic carbocycles. The minimum Gasteiger partial charge on any atom is -0.462 e. The number of carbonyl (C=O) groups is 4. The lowest BCUT2D eigenvalue weighted by Crippen LogP contribution is -2.30. The maximum atomic E-state index is 13.1. The van der Waals surface area contributed by atoms with E-state index in [0.29, 0.717) is 25.7 Å². The van der Waals surface area contributed by atoms with Gasteiger partial charge in [0.15, 0.2) is 12.2 Å². The Balaban J connectivity index is 5.17. The molecule has 0 aliphatic heterocycles. The van der Waals surface area contributed by atoms with Crippen molar-refractivity contribution in [3.63, 3.8) is 0 Å². The fraction of sp³-hybridized carbons (Fsp3) is 0.952. The van der Waals surface area contributed by atoms with Crippen molar-refractivity contribution in [2.45, 2.75) is 464 Å². The van der Waals surface area contributed by atoms with Gasteiger partial charge < -0.3 is 33.8 Å². The van der Waals surface area contributed by atoms with E-state index in [2.05, 4.69) is 41.5 Å². The van der Waals surface area contributed by atoms with Gasteiger partial charge in [-0.1, -0.05) is 395 Å². The van der Waals surface area contributed by atoms with E-state index in [1.54, 1.807) is 0 Å². The van der Waals surface area contributed by atoms with Crippen molar-refractivity contribution in [2.75, 3.05) is 39.6 Å². The average Bonchev–Trinajstić information content (AvgIpc) is 0.998. The Morgan fingerprint density at radius 2 is 0.447 bits per heavy atom. The average molecular weight is 1510 g/mol. The molecule has 19 heteroatoms. The van der Waals surface area contributed by atoms with E-state index >= 15 is 0 Å². The number of aliphatic hydroxyl groups excluding tert-OH is 1. The van der Waals surface area contributed by atoms with E-state index in [0.717, 1.165) is 115 Å². The maximum absolute atomic E-state index is 13.1. The van der Waals surface area contributed by atoms with Crippen molar-refractivity contribution in [3.8, 4) is 0 Å². The Morgan fingerprint density at radius 3 is 0.660 bits per heavy atom. The standard InChI is InChI=1S/C84H164O17P2/c1-7-9-11-13-15-16-17-18-19-20-21-29-34-39-44-50-56-62-68-83(88)100-79(72-94-81(86)66-60-54-46-14-12-10-8-2)74-98-102(90,91)96-70-78(85)71-97-103(92,93)99-75-80(101-84(89)69-63-57-51-45-40-35-30-25-23-27-32-37-42-48-53-59-65-77(5)6)73-95-82(87)67-61-55-49-43-38-33-28-24-22-26-31-36-41-47-52-58-64-76(3)4/h76-80,85H,7-75H2,1-6H3,(H,90,91)(H,92,93)/t78-,79+,80+/m0/s1. The zero-order valence-electron chi connectivity index (χ0n) is 67.6. The van der Waals surface area contributed by atoms with Crippen molar-refractivity contribution in [1.29, 1.82) is 0 Å². The molecule has 103 heavy (non-hydrogen) atoms. The molecule has 0 aromatic heterocycles. The molecule has 17 nitrogen and oxygen atoms in total. The number of hydrogen-bond acceptors (Lipinski definition) is 15. The van der Waals surface area contributed by atoms with Gasteiger partial charge in [0.05, 0.1) is 26.4 Å². The summed E-state index contributed by atoms with van der Waals surface area (Å²) < 4.78 is 68.7. The number of aliphatic hydroxyl groups is 1. The van der Waals surface area contributed by atoms with Crippen LogP contribution in [0.25, 0.3) is 0 Å². The Hall–Kier alpha value is -1.94. The Morgan fingerprint density at radius 1 is 0.262 bits per heavy atom. The lowest BCUT2D eigenvalue weighted by atomic mass is 10.0. The summed E-state index contributed by atoms with van der Waals surface area (Å²) in [7, 11) is -9.92. The Labute approximate surface area is 632 Å². The van der Waals surface area contributed by atoms with Gasteiger partial charge in [-0.25, -0.2) is 9.13 Å². The SMILES string of the molecule is CCCCCCCCCCCCCCCCCCCCC(=O)O[C@H](COC(=O)CCCCCCCCC)COP(=O)(O)OC[C@H](O)COP(=O)(O)OC[C@@H](COC(=O)CCCCCCCCCCCCCCCCCCC(C)C)OC(=O)CCCCCCCCCCCCCCCCCCC(C)C. The zero-order valence-corrected chi connectivity index (χ0v) is 69.4. The molecule has 0 fully saturated rings. The molecule has 0 spiro atoms. The summed E-state index contributed by atoms with van der Waals surface area (Å²) in [6.45, 7) is 9.68. The summed E-state index contributed by atoms with van der Waals surface area (Å²) in [5.74, 6) is -0.487. The highest BCUT2D eigenvalue weighted by Crippen LogP contribution is 2.45. The van der Waals surface area contributed by atoms with Crippen LogP contribution in [0.3, 0.4) is 0 Å². The lowest BCUT2D eigenvalue weighted by molar-refractivity contribution is -0.161. The van der Waals surface area contributed by atoms with Gasteiger partial charge in [-0.2, -0.15) is 0 Å². The highest BCUT2D eigenvalue weighted by atomic mass is 31.2. The molecule has 2 unspecified atom stereocenters. The number of ether oxygens (including phenoxy) is 4. The van der Waals surface area contributed by atoms with Gasteiger partial charge in [-0.15, -0.1) is 0 Å². The van der Waals surface area contributed by atoms with Gasteiger partial charge in [0.2, 0.25) is 0 Å². The quantitative estimate of drug-likeness (QED) is 0.0222. The van der Waals surface area contributed by atoms with Gasteiger partial charge in [0.25, 0.3) is 0 Å². The molecular formula is C84H164O17P2. The van der Waals surface area contributed by atoms with Crippen LogP contribution in [0, 0.1) is 11.8 Å². The van der Waals surface area contributed by atoms with E-state index in [1.165, 1.54) is 250 Å². The summed E-state index contributed by atoms with van der Waals surface area (Å²) in [5, 5.41) is 10.6. The second-order valence-corrected chi connectivity index (χ2v) is 34.1. The third-order valence-corrected chi connectivity index (χ3v) is 21.6. The topological polar surface area (TPSA) is 237 Å². The predicted octanol–water partition coefficient (Wildman–Crippen LogP) is 25.5. The molecule has 0 amide bonds. The van der Waals surface area contributed by atoms with Crippen LogP contribution >= 0.6 is 15.6 Å². The second-order valence-electron chi connectivity index (χ2n) is 31.2. The minimum absolute atomic E-state index is 0.108. The molecule has 0 radical (unpaired) electrons. The summed E-state index contributed by atoms with van der Waals surface area (Å²) in [5.41, 5.74) is 0. The third kappa shape index (κ3) is 78.0. The fourth-order valence-electron chi connectivity index (χ4n) is 13.1. The van der Waals surface area contributed by atoms with Crippen LogP contribution in [0.15, 0.2) is 0 Å². The number of phosphoric ester groups is 2. The highest BCUT2D eigenvalue weighted by Gasteiger charge is 2.30. The molecule has 0 saturated heterocycles. The Bertz CT molecular complexity index is 1980.